The number of rotatable bonds is 5. The number of benzene rings is 2. The van der Waals surface area contributed by atoms with Gasteiger partial charge in [-0.1, -0.05) is 71.7 Å². The van der Waals surface area contributed by atoms with Gasteiger partial charge in [-0.25, -0.2) is 0 Å². The molecule has 0 aliphatic rings. The van der Waals surface area contributed by atoms with Crippen molar-refractivity contribution in [3.63, 3.8) is 0 Å². The summed E-state index contributed by atoms with van der Waals surface area (Å²) in [4.78, 5) is 0.659. The minimum Gasteiger partial charge on any atom is -0.0891 e. The van der Waals surface area contributed by atoms with Gasteiger partial charge in [0.25, 0.3) is 0 Å². The Balaban J connectivity index is 2.13. The van der Waals surface area contributed by atoms with Crippen molar-refractivity contribution in [2.75, 3.05) is 0 Å². The first-order chi connectivity index (χ1) is 8.31. The molecule has 2 aromatic rings. The molecule has 2 rings (SSSR count). The third-order valence-electron chi connectivity index (χ3n) is 3.21. The van der Waals surface area contributed by atoms with E-state index in [1.807, 2.05) is 0 Å². The maximum atomic E-state index is 3.76. The molecule has 0 aliphatic carbocycles. The lowest BCUT2D eigenvalue weighted by Crippen LogP contribution is -1.99. The molecule has 0 bridgehead atoms. The van der Waals surface area contributed by atoms with Crippen molar-refractivity contribution in [2.24, 2.45) is 0 Å². The zero-order valence-electron chi connectivity index (χ0n) is 10.3. The smallest absolute Gasteiger partial charge is 0.0148 e. The summed E-state index contributed by atoms with van der Waals surface area (Å²) >= 11 is 3.76. The average Bonchev–Trinajstić information content (AvgIpc) is 2.36. The topological polar surface area (TPSA) is 0 Å². The van der Waals surface area contributed by atoms with Crippen molar-refractivity contribution in [2.45, 2.75) is 37.4 Å². The van der Waals surface area contributed by atoms with Crippen LogP contribution in [-0.4, -0.2) is 4.83 Å². The summed E-state index contributed by atoms with van der Waals surface area (Å²) < 4.78 is 0. The second-order valence-electron chi connectivity index (χ2n) is 4.56. The number of aryl methyl sites for hydroxylation is 1. The Morgan fingerprint density at radius 1 is 1.00 bits per heavy atom. The normalized spacial score (nSPS) is 12.8. The van der Waals surface area contributed by atoms with Gasteiger partial charge in [0, 0.05) is 4.83 Å². The fraction of sp³-hybridized carbons (Fsp3) is 0.375. The third kappa shape index (κ3) is 3.32. The first-order valence-corrected chi connectivity index (χ1v) is 7.33. The Bertz CT molecular complexity index is 470. The second-order valence-corrected chi connectivity index (χ2v) is 5.86. The van der Waals surface area contributed by atoms with Crippen LogP contribution in [0.25, 0.3) is 10.8 Å². The molecule has 0 nitrogen and oxygen atoms in total. The molecular weight excluding hydrogens is 272 g/mol. The Hall–Kier alpha value is -0.820. The lowest BCUT2D eigenvalue weighted by molar-refractivity contribution is 0.695. The number of hydrogen-bond acceptors (Lipinski definition) is 0. The molecule has 17 heavy (non-hydrogen) atoms. The highest BCUT2D eigenvalue weighted by atomic mass is 79.9. The van der Waals surface area contributed by atoms with Crippen molar-refractivity contribution in [1.82, 2.24) is 0 Å². The van der Waals surface area contributed by atoms with Crippen LogP contribution in [0.1, 0.15) is 31.7 Å². The van der Waals surface area contributed by atoms with Gasteiger partial charge in [0.1, 0.15) is 0 Å². The van der Waals surface area contributed by atoms with Gasteiger partial charge in [-0.05, 0) is 35.6 Å². The minimum absolute atomic E-state index is 0.659. The van der Waals surface area contributed by atoms with Crippen LogP contribution in [0.3, 0.4) is 0 Å². The fourth-order valence-electron chi connectivity index (χ4n) is 2.28. The van der Waals surface area contributed by atoms with E-state index in [0.717, 1.165) is 6.42 Å². The van der Waals surface area contributed by atoms with Gasteiger partial charge in [-0.3, -0.25) is 0 Å². The number of hydrogen-bond donors (Lipinski definition) is 0. The molecule has 0 spiro atoms. The van der Waals surface area contributed by atoms with Crippen LogP contribution < -0.4 is 0 Å². The number of alkyl halides is 1. The van der Waals surface area contributed by atoms with Gasteiger partial charge < -0.3 is 0 Å². The standard InChI is InChI=1S/C16H19Br/c1-2-6-15(17)12-11-14-9-5-8-13-7-3-4-10-16(13)14/h3-5,7-10,15H,2,6,11-12H2,1H3. The molecule has 0 aliphatic heterocycles. The first-order valence-electron chi connectivity index (χ1n) is 6.42. The molecule has 0 N–H and O–H groups in total. The molecule has 0 fully saturated rings. The molecule has 1 heteroatoms. The van der Waals surface area contributed by atoms with E-state index >= 15 is 0 Å². The van der Waals surface area contributed by atoms with Crippen molar-refractivity contribution in [1.29, 1.82) is 0 Å². The fourth-order valence-corrected chi connectivity index (χ4v) is 2.97. The van der Waals surface area contributed by atoms with Crippen molar-refractivity contribution in [3.8, 4) is 0 Å². The van der Waals surface area contributed by atoms with E-state index in [4.69, 9.17) is 0 Å². The van der Waals surface area contributed by atoms with Crippen molar-refractivity contribution >= 4 is 26.7 Å². The van der Waals surface area contributed by atoms with Crippen LogP contribution in [0.4, 0.5) is 0 Å². The monoisotopic (exact) mass is 290 g/mol. The Morgan fingerprint density at radius 2 is 1.76 bits per heavy atom. The van der Waals surface area contributed by atoms with E-state index < -0.39 is 0 Å². The predicted molar refractivity (Wildman–Crippen MR) is 79.9 cm³/mol. The Morgan fingerprint density at radius 3 is 2.59 bits per heavy atom. The third-order valence-corrected chi connectivity index (χ3v) is 4.12. The number of fused-ring (bicyclic) bond motifs is 1. The minimum atomic E-state index is 0.659. The highest BCUT2D eigenvalue weighted by molar-refractivity contribution is 9.09. The van der Waals surface area contributed by atoms with Gasteiger partial charge >= 0.3 is 0 Å². The highest BCUT2D eigenvalue weighted by Crippen LogP contribution is 2.22. The molecule has 1 atom stereocenters. The molecule has 0 radical (unpaired) electrons. The Kier molecular flexibility index (Phi) is 4.61. The molecule has 0 heterocycles. The van der Waals surface area contributed by atoms with Crippen molar-refractivity contribution < 1.29 is 0 Å². The lowest BCUT2D eigenvalue weighted by atomic mass is 9.99. The predicted octanol–water partition coefficient (Wildman–Crippen LogP) is 5.34. The average molecular weight is 291 g/mol. The molecule has 2 aromatic carbocycles. The summed E-state index contributed by atoms with van der Waals surface area (Å²) in [6.45, 7) is 2.24. The van der Waals surface area contributed by atoms with Gasteiger partial charge in [0.05, 0.1) is 0 Å². The quantitative estimate of drug-likeness (QED) is 0.653. The molecule has 0 saturated heterocycles. The largest absolute Gasteiger partial charge is 0.0891 e. The van der Waals surface area contributed by atoms with E-state index in [-0.39, 0.29) is 0 Å². The molecule has 0 saturated carbocycles. The van der Waals surface area contributed by atoms with E-state index in [1.165, 1.54) is 35.6 Å². The summed E-state index contributed by atoms with van der Waals surface area (Å²) in [6.07, 6.45) is 4.91. The van der Waals surface area contributed by atoms with E-state index in [2.05, 4.69) is 65.3 Å². The summed E-state index contributed by atoms with van der Waals surface area (Å²) in [5.74, 6) is 0. The summed E-state index contributed by atoms with van der Waals surface area (Å²) in [7, 11) is 0. The van der Waals surface area contributed by atoms with Crippen LogP contribution in [0.5, 0.6) is 0 Å². The first kappa shape index (κ1) is 12.6. The van der Waals surface area contributed by atoms with Crippen LogP contribution in [0.2, 0.25) is 0 Å². The highest BCUT2D eigenvalue weighted by Gasteiger charge is 2.05. The number of halogens is 1. The van der Waals surface area contributed by atoms with E-state index in [1.54, 1.807) is 0 Å². The molecule has 0 amide bonds. The summed E-state index contributed by atoms with van der Waals surface area (Å²) in [5, 5.41) is 2.76. The second kappa shape index (κ2) is 6.20. The van der Waals surface area contributed by atoms with Gasteiger partial charge in [-0.15, -0.1) is 0 Å². The van der Waals surface area contributed by atoms with E-state index in [9.17, 15) is 0 Å². The zero-order chi connectivity index (χ0) is 12.1. The van der Waals surface area contributed by atoms with E-state index in [0.29, 0.717) is 4.83 Å². The SMILES string of the molecule is CCCC(Br)CCc1cccc2ccccc12. The van der Waals surface area contributed by atoms with Gasteiger partial charge in [0.2, 0.25) is 0 Å². The molecule has 90 valence electrons. The molecular formula is C16H19Br. The van der Waals surface area contributed by atoms with Crippen molar-refractivity contribution in [3.05, 3.63) is 48.0 Å². The lowest BCUT2D eigenvalue weighted by Gasteiger charge is -2.10. The molecule has 0 aromatic heterocycles. The zero-order valence-corrected chi connectivity index (χ0v) is 11.9. The molecule has 1 unspecified atom stereocenters. The van der Waals surface area contributed by atoms with Gasteiger partial charge in [-0.2, -0.15) is 0 Å². The van der Waals surface area contributed by atoms with Crippen LogP contribution in [-0.2, 0) is 6.42 Å². The summed E-state index contributed by atoms with van der Waals surface area (Å²) in [6, 6.07) is 15.3. The van der Waals surface area contributed by atoms with Crippen LogP contribution >= 0.6 is 15.9 Å². The summed E-state index contributed by atoms with van der Waals surface area (Å²) in [5.41, 5.74) is 1.48. The maximum Gasteiger partial charge on any atom is 0.0148 e. The van der Waals surface area contributed by atoms with Crippen LogP contribution in [0, 0.1) is 0 Å². The van der Waals surface area contributed by atoms with Crippen LogP contribution in [0.15, 0.2) is 42.5 Å². The van der Waals surface area contributed by atoms with Gasteiger partial charge in [0.15, 0.2) is 0 Å². The Labute approximate surface area is 112 Å². The maximum absolute atomic E-state index is 3.76.